The van der Waals surface area contributed by atoms with Gasteiger partial charge in [-0.1, -0.05) is 13.0 Å². The van der Waals surface area contributed by atoms with Crippen molar-refractivity contribution < 1.29 is 9.90 Å². The number of carbonyl (C=O) groups is 1. The number of hydrogen-bond donors (Lipinski definition) is 1. The molecule has 0 bridgehead atoms. The summed E-state index contributed by atoms with van der Waals surface area (Å²) in [4.78, 5) is 24.9. The molecule has 0 amide bonds. The lowest BCUT2D eigenvalue weighted by Crippen LogP contribution is -2.40. The third-order valence-electron chi connectivity index (χ3n) is 3.64. The maximum Gasteiger partial charge on any atom is 0.350 e. The van der Waals surface area contributed by atoms with E-state index in [-0.39, 0.29) is 30.7 Å². The first-order chi connectivity index (χ1) is 10.0. The number of halogens is 1. The molecule has 0 spiro atoms. The summed E-state index contributed by atoms with van der Waals surface area (Å²) in [5.74, 6) is -0.863. The van der Waals surface area contributed by atoms with E-state index in [0.717, 1.165) is 6.42 Å². The third kappa shape index (κ3) is 4.08. The van der Waals surface area contributed by atoms with Crippen LogP contribution < -0.4 is 5.69 Å². The van der Waals surface area contributed by atoms with Gasteiger partial charge in [0.25, 0.3) is 0 Å². The molecule has 0 aromatic carbocycles. The smallest absolute Gasteiger partial charge is 0.350 e. The van der Waals surface area contributed by atoms with Crippen LogP contribution in [0.3, 0.4) is 0 Å². The van der Waals surface area contributed by atoms with Crippen molar-refractivity contribution in [1.29, 1.82) is 0 Å². The molecule has 122 valence electrons. The van der Waals surface area contributed by atoms with Crippen molar-refractivity contribution in [3.05, 3.63) is 34.9 Å². The van der Waals surface area contributed by atoms with Gasteiger partial charge in [-0.2, -0.15) is 0 Å². The van der Waals surface area contributed by atoms with E-state index in [0.29, 0.717) is 18.7 Å². The molecule has 22 heavy (non-hydrogen) atoms. The molecule has 1 N–H and O–H groups in total. The molecule has 0 aliphatic heterocycles. The van der Waals surface area contributed by atoms with Gasteiger partial charge in [-0.25, -0.2) is 9.48 Å². The highest BCUT2D eigenvalue weighted by molar-refractivity contribution is 5.85. The van der Waals surface area contributed by atoms with Crippen molar-refractivity contribution >= 4 is 24.0 Å². The van der Waals surface area contributed by atoms with Crippen LogP contribution in [0, 0.1) is 0 Å². The minimum atomic E-state index is -0.863. The summed E-state index contributed by atoms with van der Waals surface area (Å²) in [6.07, 6.45) is 2.53. The number of aromatic nitrogens is 3. The predicted molar refractivity (Wildman–Crippen MR) is 85.7 cm³/mol. The molecule has 1 unspecified atom stereocenters. The van der Waals surface area contributed by atoms with Crippen molar-refractivity contribution in [2.45, 2.75) is 32.9 Å². The van der Waals surface area contributed by atoms with Gasteiger partial charge in [0.15, 0.2) is 5.65 Å². The molecule has 2 aromatic heterocycles. The Kier molecular flexibility index (Phi) is 6.58. The Morgan fingerprint density at radius 2 is 2.18 bits per heavy atom. The zero-order valence-corrected chi connectivity index (χ0v) is 13.5. The second kappa shape index (κ2) is 7.95. The maximum atomic E-state index is 12.1. The summed E-state index contributed by atoms with van der Waals surface area (Å²) in [6, 6.07) is 5.51. The predicted octanol–water partition coefficient (Wildman–Crippen LogP) is 1.10. The number of fused-ring (bicyclic) bond motifs is 1. The normalized spacial score (nSPS) is 12.3. The fraction of sp³-hybridized carbons (Fsp3) is 0.500. The number of hydrogen-bond acceptors (Lipinski definition) is 4. The lowest BCUT2D eigenvalue weighted by atomic mass is 10.2. The topological polar surface area (TPSA) is 79.8 Å². The monoisotopic (exact) mass is 328 g/mol. The fourth-order valence-electron chi connectivity index (χ4n) is 2.22. The van der Waals surface area contributed by atoms with E-state index in [1.54, 1.807) is 18.3 Å². The number of rotatable bonds is 7. The molecule has 1 atom stereocenters. The largest absolute Gasteiger partial charge is 0.480 e. The first-order valence-corrected chi connectivity index (χ1v) is 7.03. The van der Waals surface area contributed by atoms with Gasteiger partial charge in [-0.05, 0) is 25.5 Å². The SMILES string of the molecule is CCC(C)N(CCn1nc2ccccn2c1=O)CC(=O)O.Cl. The number of carboxylic acids is 1. The molecule has 0 aliphatic carbocycles. The molecule has 0 fully saturated rings. The number of carboxylic acid groups (broad SMARTS) is 1. The average Bonchev–Trinajstić information content (AvgIpc) is 2.79. The lowest BCUT2D eigenvalue weighted by Gasteiger charge is -2.26. The molecule has 0 aliphatic rings. The Hall–Kier alpha value is -1.86. The number of nitrogens with zero attached hydrogens (tertiary/aromatic N) is 4. The standard InChI is InChI=1S/C14H20N4O3.ClH/c1-3-11(2)16(10-13(19)20)8-9-18-14(21)17-7-5-4-6-12(17)15-18;/h4-7,11H,3,8-10H2,1-2H3,(H,19,20);1H. The summed E-state index contributed by atoms with van der Waals surface area (Å²) < 4.78 is 2.86. The number of aliphatic carboxylic acids is 1. The zero-order chi connectivity index (χ0) is 15.4. The van der Waals surface area contributed by atoms with E-state index in [1.807, 2.05) is 24.8 Å². The van der Waals surface area contributed by atoms with Gasteiger partial charge in [0.1, 0.15) is 0 Å². The van der Waals surface area contributed by atoms with Crippen LogP contribution >= 0.6 is 12.4 Å². The first kappa shape index (κ1) is 18.2. The molecule has 8 heteroatoms. The highest BCUT2D eigenvalue weighted by Gasteiger charge is 2.16. The maximum absolute atomic E-state index is 12.1. The van der Waals surface area contributed by atoms with Crippen molar-refractivity contribution in [2.24, 2.45) is 0 Å². The molecule has 0 saturated heterocycles. The molecule has 0 radical (unpaired) electrons. The molecule has 2 aromatic rings. The lowest BCUT2D eigenvalue weighted by molar-refractivity contribution is -0.138. The van der Waals surface area contributed by atoms with Crippen LogP contribution in [0.5, 0.6) is 0 Å². The molecule has 7 nitrogen and oxygen atoms in total. The Morgan fingerprint density at radius 1 is 1.45 bits per heavy atom. The zero-order valence-electron chi connectivity index (χ0n) is 12.7. The Balaban J connectivity index is 0.00000242. The third-order valence-corrected chi connectivity index (χ3v) is 3.64. The van der Waals surface area contributed by atoms with E-state index < -0.39 is 5.97 Å². The van der Waals surface area contributed by atoms with Gasteiger partial charge >= 0.3 is 11.7 Å². The van der Waals surface area contributed by atoms with E-state index in [1.165, 1.54) is 9.08 Å². The van der Waals surface area contributed by atoms with Crippen LogP contribution in [0.4, 0.5) is 0 Å². The highest BCUT2D eigenvalue weighted by Crippen LogP contribution is 2.03. The van der Waals surface area contributed by atoms with Gasteiger partial charge in [0, 0.05) is 18.8 Å². The summed E-state index contributed by atoms with van der Waals surface area (Å²) in [5.41, 5.74) is 0.390. The summed E-state index contributed by atoms with van der Waals surface area (Å²) in [5, 5.41) is 13.2. The Morgan fingerprint density at radius 3 is 2.77 bits per heavy atom. The van der Waals surface area contributed by atoms with E-state index >= 15 is 0 Å². The minimum Gasteiger partial charge on any atom is -0.480 e. The van der Waals surface area contributed by atoms with Gasteiger partial charge in [-0.3, -0.25) is 14.1 Å². The Labute approximate surface area is 134 Å². The second-order valence-electron chi connectivity index (χ2n) is 5.06. The van der Waals surface area contributed by atoms with Gasteiger partial charge < -0.3 is 5.11 Å². The number of pyridine rings is 1. The van der Waals surface area contributed by atoms with Crippen molar-refractivity contribution in [2.75, 3.05) is 13.1 Å². The minimum absolute atomic E-state index is 0. The quantitative estimate of drug-likeness (QED) is 0.823. The summed E-state index contributed by atoms with van der Waals surface area (Å²) in [7, 11) is 0. The van der Waals surface area contributed by atoms with Crippen molar-refractivity contribution in [3.8, 4) is 0 Å². The molecule has 0 saturated carbocycles. The van der Waals surface area contributed by atoms with Crippen LogP contribution in [0.15, 0.2) is 29.2 Å². The highest BCUT2D eigenvalue weighted by atomic mass is 35.5. The van der Waals surface area contributed by atoms with E-state index in [4.69, 9.17) is 5.11 Å². The van der Waals surface area contributed by atoms with Crippen LogP contribution in [0.1, 0.15) is 20.3 Å². The van der Waals surface area contributed by atoms with Gasteiger partial charge in [-0.15, -0.1) is 17.5 Å². The molecule has 2 rings (SSSR count). The van der Waals surface area contributed by atoms with Crippen LogP contribution in [-0.4, -0.2) is 49.3 Å². The second-order valence-corrected chi connectivity index (χ2v) is 5.06. The van der Waals surface area contributed by atoms with E-state index in [2.05, 4.69) is 5.10 Å². The van der Waals surface area contributed by atoms with Crippen molar-refractivity contribution in [3.63, 3.8) is 0 Å². The van der Waals surface area contributed by atoms with Crippen LogP contribution in [0.2, 0.25) is 0 Å². The molecular formula is C14H21ClN4O3. The first-order valence-electron chi connectivity index (χ1n) is 7.03. The van der Waals surface area contributed by atoms with Crippen molar-refractivity contribution in [1.82, 2.24) is 19.1 Å². The molecule has 2 heterocycles. The van der Waals surface area contributed by atoms with Crippen LogP contribution in [-0.2, 0) is 11.3 Å². The Bertz CT molecular complexity index is 682. The van der Waals surface area contributed by atoms with Gasteiger partial charge in [0.05, 0.1) is 13.1 Å². The van der Waals surface area contributed by atoms with Gasteiger partial charge in [0.2, 0.25) is 0 Å². The fourth-order valence-corrected chi connectivity index (χ4v) is 2.22. The summed E-state index contributed by atoms with van der Waals surface area (Å²) >= 11 is 0. The van der Waals surface area contributed by atoms with E-state index in [9.17, 15) is 9.59 Å². The molecular weight excluding hydrogens is 308 g/mol. The average molecular weight is 329 g/mol. The summed E-state index contributed by atoms with van der Waals surface area (Å²) in [6.45, 7) is 4.81. The van der Waals surface area contributed by atoms with Crippen LogP contribution in [0.25, 0.3) is 5.65 Å².